The van der Waals surface area contributed by atoms with Gasteiger partial charge in [-0.25, -0.2) is 4.98 Å². The Labute approximate surface area is 152 Å². The van der Waals surface area contributed by atoms with E-state index in [1.807, 2.05) is 42.6 Å². The summed E-state index contributed by atoms with van der Waals surface area (Å²) < 4.78 is 2.15. The number of likely N-dealkylation sites (N-methyl/N-ethyl adjacent to an activating group) is 1. The number of hydrazone groups is 1. The first-order valence-electron chi connectivity index (χ1n) is 8.46. The predicted octanol–water partition coefficient (Wildman–Crippen LogP) is 2.66. The van der Waals surface area contributed by atoms with Crippen LogP contribution in [0.4, 0.5) is 0 Å². The number of nitrogens with zero attached hydrogens (tertiary/aromatic N) is 4. The Hall–Kier alpha value is -2.37. The van der Waals surface area contributed by atoms with Gasteiger partial charge in [0.2, 0.25) is 0 Å². The van der Waals surface area contributed by atoms with E-state index in [9.17, 15) is 0 Å². The number of fused-ring (bicyclic) bond motifs is 1. The van der Waals surface area contributed by atoms with Crippen molar-refractivity contribution in [1.29, 1.82) is 0 Å². The second kappa shape index (κ2) is 6.86. The van der Waals surface area contributed by atoms with Gasteiger partial charge in [-0.1, -0.05) is 17.7 Å². The molecular formula is C19H21ClN5+. The van der Waals surface area contributed by atoms with Gasteiger partial charge < -0.3 is 4.90 Å². The Bertz CT molecular complexity index is 892. The highest BCUT2D eigenvalue weighted by atomic mass is 35.5. The van der Waals surface area contributed by atoms with E-state index >= 15 is 0 Å². The molecule has 3 aromatic rings. The Morgan fingerprint density at radius 3 is 2.60 bits per heavy atom. The molecule has 1 aromatic carbocycles. The van der Waals surface area contributed by atoms with Crippen molar-refractivity contribution in [3.8, 4) is 11.4 Å². The highest BCUT2D eigenvalue weighted by Crippen LogP contribution is 2.19. The minimum Gasteiger partial charge on any atom is -0.303 e. The first kappa shape index (κ1) is 16.1. The van der Waals surface area contributed by atoms with Gasteiger partial charge in [0.15, 0.2) is 11.2 Å². The largest absolute Gasteiger partial charge is 0.303 e. The van der Waals surface area contributed by atoms with Crippen LogP contribution in [0, 0.1) is 0 Å². The van der Waals surface area contributed by atoms with Crippen molar-refractivity contribution >= 4 is 23.3 Å². The third-order valence-electron chi connectivity index (χ3n) is 4.58. The highest BCUT2D eigenvalue weighted by Gasteiger charge is 2.19. The topological polar surface area (TPSA) is 38.7 Å². The molecule has 1 fully saturated rings. The quantitative estimate of drug-likeness (QED) is 0.580. The Balaban J connectivity index is 1.69. The molecule has 1 aliphatic heterocycles. The van der Waals surface area contributed by atoms with Crippen LogP contribution in [0.2, 0.25) is 5.02 Å². The predicted molar refractivity (Wildman–Crippen MR) is 101 cm³/mol. The summed E-state index contributed by atoms with van der Waals surface area (Å²) in [6.07, 6.45) is 3.99. The van der Waals surface area contributed by atoms with Gasteiger partial charge >= 0.3 is 0 Å². The zero-order valence-corrected chi connectivity index (χ0v) is 14.9. The normalized spacial score (nSPS) is 16.2. The molecule has 0 aliphatic carbocycles. The van der Waals surface area contributed by atoms with Crippen molar-refractivity contribution in [2.75, 3.05) is 33.2 Å². The van der Waals surface area contributed by atoms with Crippen molar-refractivity contribution < 1.29 is 4.40 Å². The molecule has 3 heterocycles. The van der Waals surface area contributed by atoms with Crippen molar-refractivity contribution in [3.63, 3.8) is 0 Å². The molecule has 1 saturated heterocycles. The molecule has 0 saturated carbocycles. The summed E-state index contributed by atoms with van der Waals surface area (Å²) >= 11 is 6.02. The summed E-state index contributed by atoms with van der Waals surface area (Å²) in [4.78, 5) is 5.83. The summed E-state index contributed by atoms with van der Waals surface area (Å²) in [7, 11) is 2.15. The number of benzene rings is 1. The number of H-pyrrole nitrogens is 1. The van der Waals surface area contributed by atoms with Crippen molar-refractivity contribution in [2.24, 2.45) is 5.10 Å². The maximum Gasteiger partial charge on any atom is 0.292 e. The number of hydrogen-bond acceptors (Lipinski definition) is 3. The van der Waals surface area contributed by atoms with Gasteiger partial charge in [-0.15, -0.1) is 0 Å². The number of aromatic amines is 1. The molecule has 128 valence electrons. The van der Waals surface area contributed by atoms with Gasteiger partial charge in [0.25, 0.3) is 5.82 Å². The molecule has 2 aromatic heterocycles. The van der Waals surface area contributed by atoms with E-state index in [0.717, 1.165) is 53.8 Å². The number of hydrogen-bond donors (Lipinski definition) is 1. The molecule has 4 rings (SSSR count). The van der Waals surface area contributed by atoms with Crippen LogP contribution in [0.25, 0.3) is 16.9 Å². The fourth-order valence-electron chi connectivity index (χ4n) is 3.08. The summed E-state index contributed by atoms with van der Waals surface area (Å²) in [5, 5.41) is 7.54. The summed E-state index contributed by atoms with van der Waals surface area (Å²) in [5.74, 6) is 1.02. The summed E-state index contributed by atoms with van der Waals surface area (Å²) in [6.45, 7) is 4.02. The summed E-state index contributed by atoms with van der Waals surface area (Å²) in [5.41, 5.74) is 3.19. The number of nitrogens with one attached hydrogen (secondary N) is 1. The maximum absolute atomic E-state index is 6.02. The molecule has 0 bridgehead atoms. The molecule has 25 heavy (non-hydrogen) atoms. The van der Waals surface area contributed by atoms with Crippen LogP contribution in [-0.2, 0) is 0 Å². The van der Waals surface area contributed by atoms with Crippen LogP contribution >= 0.6 is 11.6 Å². The van der Waals surface area contributed by atoms with Crippen LogP contribution in [0.1, 0.15) is 5.69 Å². The second-order valence-electron chi connectivity index (χ2n) is 6.35. The van der Waals surface area contributed by atoms with E-state index < -0.39 is 0 Å². The van der Waals surface area contributed by atoms with Crippen LogP contribution in [0.5, 0.6) is 0 Å². The first-order valence-corrected chi connectivity index (χ1v) is 8.84. The van der Waals surface area contributed by atoms with Crippen molar-refractivity contribution in [3.05, 3.63) is 59.4 Å². The third-order valence-corrected chi connectivity index (χ3v) is 4.83. The fourth-order valence-corrected chi connectivity index (χ4v) is 3.20. The minimum absolute atomic E-state index is 0.737. The number of piperazine rings is 1. The van der Waals surface area contributed by atoms with Crippen LogP contribution in [-0.4, -0.2) is 54.3 Å². The van der Waals surface area contributed by atoms with E-state index in [-0.39, 0.29) is 0 Å². The van der Waals surface area contributed by atoms with Crippen molar-refractivity contribution in [1.82, 2.24) is 14.9 Å². The lowest BCUT2D eigenvalue weighted by Gasteiger charge is -2.29. The van der Waals surface area contributed by atoms with Gasteiger partial charge in [-0.2, -0.15) is 9.50 Å². The number of imidazole rings is 1. The monoisotopic (exact) mass is 354 g/mol. The average molecular weight is 355 g/mol. The van der Waals surface area contributed by atoms with Gasteiger partial charge in [-0.3, -0.25) is 5.01 Å². The third kappa shape index (κ3) is 3.38. The van der Waals surface area contributed by atoms with Gasteiger partial charge in [0.05, 0.1) is 18.0 Å². The first-order chi connectivity index (χ1) is 12.2. The van der Waals surface area contributed by atoms with Gasteiger partial charge in [0, 0.05) is 31.2 Å². The second-order valence-corrected chi connectivity index (χ2v) is 6.79. The van der Waals surface area contributed by atoms with Gasteiger partial charge in [-0.05, 0) is 43.4 Å². The van der Waals surface area contributed by atoms with E-state index in [4.69, 9.17) is 11.6 Å². The van der Waals surface area contributed by atoms with Crippen LogP contribution < -0.4 is 4.40 Å². The van der Waals surface area contributed by atoms with Crippen molar-refractivity contribution in [2.45, 2.75) is 0 Å². The van der Waals surface area contributed by atoms with E-state index in [1.165, 1.54) is 0 Å². The highest BCUT2D eigenvalue weighted by molar-refractivity contribution is 6.30. The maximum atomic E-state index is 6.02. The average Bonchev–Trinajstić information content (AvgIpc) is 3.01. The van der Waals surface area contributed by atoms with Crippen LogP contribution in [0.15, 0.2) is 53.8 Å². The Morgan fingerprint density at radius 2 is 1.84 bits per heavy atom. The molecule has 0 atom stereocenters. The minimum atomic E-state index is 0.737. The lowest BCUT2D eigenvalue weighted by molar-refractivity contribution is -0.498. The Morgan fingerprint density at radius 1 is 1.08 bits per heavy atom. The molecule has 0 radical (unpaired) electrons. The standard InChI is InChI=1S/C19H20ClN5/c1-23-10-12-24(13-11-23)21-14-17-18-4-2-3-9-25(18)19(22-17)15-5-7-16(20)8-6-15/h2-9,14H,10-13H2,1H3/p+1/b21-14+. The fraction of sp³-hybridized carbons (Fsp3) is 0.263. The molecule has 0 amide bonds. The number of halogens is 1. The zero-order valence-electron chi connectivity index (χ0n) is 14.2. The van der Waals surface area contributed by atoms with Gasteiger partial charge in [0.1, 0.15) is 0 Å². The zero-order chi connectivity index (χ0) is 17.2. The molecule has 0 unspecified atom stereocenters. The number of pyridine rings is 1. The molecule has 6 heteroatoms. The lowest BCUT2D eigenvalue weighted by atomic mass is 10.2. The summed E-state index contributed by atoms with van der Waals surface area (Å²) in [6, 6.07) is 14.0. The molecular weight excluding hydrogens is 334 g/mol. The van der Waals surface area contributed by atoms with E-state index in [2.05, 4.69) is 43.7 Å². The molecule has 0 spiro atoms. The lowest BCUT2D eigenvalue weighted by Crippen LogP contribution is -2.41. The SMILES string of the molecule is CN1CCN(/N=C/c2[nH]c(-c3ccc(Cl)cc3)[n+]3ccccc23)CC1. The molecule has 1 aliphatic rings. The van der Waals surface area contributed by atoms with Crippen LogP contribution in [0.3, 0.4) is 0 Å². The molecule has 1 N–H and O–H groups in total. The number of rotatable bonds is 3. The molecule has 5 nitrogen and oxygen atoms in total. The van der Waals surface area contributed by atoms with E-state index in [0.29, 0.717) is 0 Å². The number of aromatic nitrogens is 2. The smallest absolute Gasteiger partial charge is 0.292 e. The Kier molecular flexibility index (Phi) is 4.42. The van der Waals surface area contributed by atoms with E-state index in [1.54, 1.807) is 0 Å².